The number of amidine groups is 1. The van der Waals surface area contributed by atoms with Gasteiger partial charge in [0.15, 0.2) is 12.0 Å². The van der Waals surface area contributed by atoms with E-state index in [2.05, 4.69) is 9.98 Å². The molecule has 0 saturated heterocycles. The van der Waals surface area contributed by atoms with Gasteiger partial charge in [-0.05, 0) is 23.8 Å². The molecule has 0 radical (unpaired) electrons. The Morgan fingerprint density at radius 3 is 2.48 bits per heavy atom. The lowest BCUT2D eigenvalue weighted by molar-refractivity contribution is 0.338. The summed E-state index contributed by atoms with van der Waals surface area (Å²) in [6, 6.07) is 7.53. The van der Waals surface area contributed by atoms with Crippen molar-refractivity contribution in [3.05, 3.63) is 35.9 Å². The normalized spacial score (nSPS) is 19.0. The van der Waals surface area contributed by atoms with Gasteiger partial charge >= 0.3 is 0 Å². The van der Waals surface area contributed by atoms with Gasteiger partial charge in [0.05, 0.1) is 7.11 Å². The minimum absolute atomic E-state index is 0.420. The Hall–Kier alpha value is -1.27. The van der Waals surface area contributed by atoms with E-state index in [0.29, 0.717) is 5.84 Å². The molecule has 21 heavy (non-hydrogen) atoms. The molecular weight excluding hydrogens is 335 g/mol. The zero-order chi connectivity index (χ0) is 15.5. The molecule has 1 unspecified atom stereocenters. The summed E-state index contributed by atoms with van der Waals surface area (Å²) in [4.78, 5) is 8.26. The first-order valence-electron chi connectivity index (χ1n) is 5.94. The van der Waals surface area contributed by atoms with Crippen molar-refractivity contribution in [3.63, 3.8) is 0 Å². The van der Waals surface area contributed by atoms with E-state index in [9.17, 15) is 0 Å². The SMILES string of the molecule is COc1ccc(C=CC2=NC(C(Cl)(Cl)Cl)N(N)C=N2)cc1. The molecule has 1 aromatic carbocycles. The first-order valence-corrected chi connectivity index (χ1v) is 7.07. The summed E-state index contributed by atoms with van der Waals surface area (Å²) in [5.74, 6) is 6.86. The Kier molecular flexibility index (Phi) is 5.11. The van der Waals surface area contributed by atoms with Gasteiger partial charge in [-0.3, -0.25) is 5.01 Å². The first-order chi connectivity index (χ1) is 9.90. The van der Waals surface area contributed by atoms with Gasteiger partial charge in [-0.1, -0.05) is 53.0 Å². The highest BCUT2D eigenvalue weighted by Gasteiger charge is 2.37. The molecule has 0 amide bonds. The summed E-state index contributed by atoms with van der Waals surface area (Å²) in [5.41, 5.74) is 0.967. The molecule has 0 fully saturated rings. The lowest BCUT2D eigenvalue weighted by Gasteiger charge is -2.29. The number of aliphatic imine (C=N–C) groups is 2. The van der Waals surface area contributed by atoms with Gasteiger partial charge < -0.3 is 4.74 Å². The van der Waals surface area contributed by atoms with E-state index in [4.69, 9.17) is 45.4 Å². The van der Waals surface area contributed by atoms with Crippen LogP contribution in [0.2, 0.25) is 0 Å². The van der Waals surface area contributed by atoms with Crippen molar-refractivity contribution in [2.75, 3.05) is 7.11 Å². The summed E-state index contributed by atoms with van der Waals surface area (Å²) in [6.45, 7) is 0. The van der Waals surface area contributed by atoms with Crippen LogP contribution < -0.4 is 10.6 Å². The van der Waals surface area contributed by atoms with Gasteiger partial charge in [-0.15, -0.1) is 0 Å². The van der Waals surface area contributed by atoms with Crippen molar-refractivity contribution in [2.45, 2.75) is 9.96 Å². The van der Waals surface area contributed by atoms with Crippen molar-refractivity contribution in [3.8, 4) is 5.75 Å². The van der Waals surface area contributed by atoms with E-state index < -0.39 is 9.96 Å². The summed E-state index contributed by atoms with van der Waals surface area (Å²) >= 11 is 17.5. The number of methoxy groups -OCH3 is 1. The molecule has 2 rings (SSSR count). The van der Waals surface area contributed by atoms with Crippen LogP contribution in [0.5, 0.6) is 5.75 Å². The predicted molar refractivity (Wildman–Crippen MR) is 88.1 cm³/mol. The highest BCUT2D eigenvalue weighted by atomic mass is 35.6. The molecule has 1 aliphatic heterocycles. The van der Waals surface area contributed by atoms with Gasteiger partial charge in [0.1, 0.15) is 12.1 Å². The van der Waals surface area contributed by atoms with Gasteiger partial charge in [0.2, 0.25) is 3.79 Å². The van der Waals surface area contributed by atoms with Crippen LogP contribution in [-0.2, 0) is 0 Å². The average Bonchev–Trinajstić information content (AvgIpc) is 2.45. The third-order valence-corrected chi connectivity index (χ3v) is 3.28. The molecule has 0 bridgehead atoms. The topological polar surface area (TPSA) is 63.2 Å². The number of hydrazine groups is 1. The Balaban J connectivity index is 2.14. The van der Waals surface area contributed by atoms with Gasteiger partial charge in [-0.2, -0.15) is 0 Å². The Bertz CT molecular complexity index is 578. The zero-order valence-electron chi connectivity index (χ0n) is 11.1. The summed E-state index contributed by atoms with van der Waals surface area (Å²) in [5, 5.41) is 1.15. The number of nitrogens with two attached hydrogens (primary N) is 1. The maximum atomic E-state index is 5.83. The molecule has 5 nitrogen and oxygen atoms in total. The van der Waals surface area contributed by atoms with Crippen molar-refractivity contribution >= 4 is 53.1 Å². The maximum Gasteiger partial charge on any atom is 0.231 e. The van der Waals surface area contributed by atoms with E-state index in [-0.39, 0.29) is 0 Å². The first kappa shape index (κ1) is 16.1. The number of halogens is 3. The molecule has 0 spiro atoms. The number of hydrogen-bond acceptors (Lipinski definition) is 5. The third kappa shape index (κ3) is 4.35. The molecule has 0 saturated carbocycles. The summed E-state index contributed by atoms with van der Waals surface area (Å²) in [7, 11) is 1.62. The molecular formula is C13H13Cl3N4O. The van der Waals surface area contributed by atoms with Crippen molar-refractivity contribution in [1.29, 1.82) is 0 Å². The fourth-order valence-corrected chi connectivity index (χ4v) is 2.11. The fourth-order valence-electron chi connectivity index (χ4n) is 1.63. The lowest BCUT2D eigenvalue weighted by Crippen LogP contribution is -2.48. The number of alkyl halides is 3. The van der Waals surface area contributed by atoms with Crippen LogP contribution in [0.25, 0.3) is 6.08 Å². The van der Waals surface area contributed by atoms with Crippen LogP contribution in [0.1, 0.15) is 5.56 Å². The van der Waals surface area contributed by atoms with Gasteiger partial charge in [0.25, 0.3) is 0 Å². The monoisotopic (exact) mass is 346 g/mol. The van der Waals surface area contributed by atoms with Crippen molar-refractivity contribution in [2.24, 2.45) is 15.8 Å². The standard InChI is InChI=1S/C13H13Cl3N4O/c1-21-10-5-2-9(3-6-10)4-7-11-18-8-20(17)12(19-11)13(14,15)16/h2-8,12H,17H2,1H3. The van der Waals surface area contributed by atoms with Crippen molar-refractivity contribution in [1.82, 2.24) is 5.01 Å². The van der Waals surface area contributed by atoms with Crippen molar-refractivity contribution < 1.29 is 4.74 Å². The summed E-state index contributed by atoms with van der Waals surface area (Å²) in [6.07, 6.45) is 4.11. The molecule has 0 aromatic heterocycles. The Labute approximate surface area is 137 Å². The second-order valence-electron chi connectivity index (χ2n) is 4.20. The third-order valence-electron chi connectivity index (χ3n) is 2.69. The largest absolute Gasteiger partial charge is 0.497 e. The molecule has 2 N–H and O–H groups in total. The molecule has 1 heterocycles. The van der Waals surface area contributed by atoms with Crippen LogP contribution in [0.4, 0.5) is 0 Å². The molecule has 1 atom stereocenters. The average molecular weight is 348 g/mol. The molecule has 1 aromatic rings. The smallest absolute Gasteiger partial charge is 0.231 e. The quantitative estimate of drug-likeness (QED) is 0.675. The number of nitrogens with zero attached hydrogens (tertiary/aromatic N) is 3. The van der Waals surface area contributed by atoms with E-state index in [0.717, 1.165) is 16.3 Å². The fraction of sp³-hybridized carbons (Fsp3) is 0.231. The lowest BCUT2D eigenvalue weighted by atomic mass is 10.2. The van der Waals surface area contributed by atoms with E-state index in [1.807, 2.05) is 30.3 Å². The molecule has 8 heteroatoms. The number of benzene rings is 1. The van der Waals surface area contributed by atoms with E-state index in [1.54, 1.807) is 13.2 Å². The highest BCUT2D eigenvalue weighted by Crippen LogP contribution is 2.33. The van der Waals surface area contributed by atoms with Gasteiger partial charge in [0, 0.05) is 0 Å². The molecule has 1 aliphatic rings. The van der Waals surface area contributed by atoms with Crippen LogP contribution in [0.3, 0.4) is 0 Å². The van der Waals surface area contributed by atoms with Crippen LogP contribution in [0.15, 0.2) is 40.3 Å². The molecule has 112 valence electrons. The minimum Gasteiger partial charge on any atom is -0.497 e. The summed E-state index contributed by atoms with van der Waals surface area (Å²) < 4.78 is 3.45. The van der Waals surface area contributed by atoms with Crippen LogP contribution in [-0.4, -0.2) is 34.3 Å². The Morgan fingerprint density at radius 2 is 1.90 bits per heavy atom. The van der Waals surface area contributed by atoms with E-state index in [1.165, 1.54) is 6.34 Å². The second kappa shape index (κ2) is 6.66. The zero-order valence-corrected chi connectivity index (χ0v) is 13.3. The number of rotatable bonds is 3. The number of hydrogen-bond donors (Lipinski definition) is 1. The van der Waals surface area contributed by atoms with Gasteiger partial charge in [-0.25, -0.2) is 15.8 Å². The van der Waals surface area contributed by atoms with Crippen LogP contribution in [0, 0.1) is 0 Å². The molecule has 0 aliphatic carbocycles. The predicted octanol–water partition coefficient (Wildman–Crippen LogP) is 3.02. The maximum absolute atomic E-state index is 5.83. The van der Waals surface area contributed by atoms with E-state index >= 15 is 0 Å². The Morgan fingerprint density at radius 1 is 1.24 bits per heavy atom. The van der Waals surface area contributed by atoms with Crippen LogP contribution >= 0.6 is 34.8 Å². The highest BCUT2D eigenvalue weighted by molar-refractivity contribution is 6.68. The number of ether oxygens (including phenoxy) is 1. The minimum atomic E-state index is -1.64. The second-order valence-corrected chi connectivity index (χ2v) is 6.57.